The molecule has 1 heterocycles. The van der Waals surface area contributed by atoms with Gasteiger partial charge in [0.2, 0.25) is 0 Å². The van der Waals surface area contributed by atoms with Crippen molar-refractivity contribution < 1.29 is 8.42 Å². The summed E-state index contributed by atoms with van der Waals surface area (Å²) in [6.45, 7) is 0. The first kappa shape index (κ1) is 9.16. The van der Waals surface area contributed by atoms with Crippen LogP contribution in [0.5, 0.6) is 0 Å². The zero-order valence-electron chi connectivity index (χ0n) is 8.15. The summed E-state index contributed by atoms with van der Waals surface area (Å²) in [5, 5.41) is -0.630. The average molecular weight is 220 g/mol. The molecule has 0 aromatic heterocycles. The Balaban J connectivity index is 2.16. The molecule has 2 aliphatic carbocycles. The van der Waals surface area contributed by atoms with Crippen molar-refractivity contribution in [2.24, 2.45) is 11.8 Å². The molecule has 0 aromatic rings. The summed E-state index contributed by atoms with van der Waals surface area (Å²) in [6, 6.07) is 0. The van der Waals surface area contributed by atoms with Crippen LogP contribution in [0.2, 0.25) is 0 Å². The van der Waals surface area contributed by atoms with Gasteiger partial charge in [0.15, 0.2) is 9.84 Å². The number of sulfone groups is 1. The Morgan fingerprint density at radius 2 is 1.07 bits per heavy atom. The van der Waals surface area contributed by atoms with Crippen LogP contribution in [-0.4, -0.2) is 18.9 Å². The van der Waals surface area contributed by atoms with Crippen molar-refractivity contribution >= 4 is 9.84 Å². The van der Waals surface area contributed by atoms with Crippen LogP contribution >= 0.6 is 0 Å². The Kier molecular flexibility index (Phi) is 1.80. The molecule has 0 unspecified atom stereocenters. The van der Waals surface area contributed by atoms with Crippen LogP contribution in [0.4, 0.5) is 0 Å². The van der Waals surface area contributed by atoms with Gasteiger partial charge in [-0.3, -0.25) is 0 Å². The molecule has 1 aliphatic heterocycles. The summed E-state index contributed by atoms with van der Waals surface area (Å²) in [6.07, 6.45) is 15.3. The molecule has 3 rings (SSSR count). The van der Waals surface area contributed by atoms with E-state index < -0.39 is 9.84 Å². The van der Waals surface area contributed by atoms with Crippen molar-refractivity contribution in [1.82, 2.24) is 0 Å². The summed E-state index contributed by atoms with van der Waals surface area (Å²) in [7, 11) is -3.02. The van der Waals surface area contributed by atoms with E-state index >= 15 is 0 Å². The maximum absolute atomic E-state index is 12.2. The van der Waals surface area contributed by atoms with Gasteiger partial charge in [0.1, 0.15) is 0 Å². The second kappa shape index (κ2) is 2.95. The molecule has 0 bridgehead atoms. The minimum Gasteiger partial charge on any atom is -0.228 e. The number of allylic oxidation sites excluding steroid dienone is 6. The van der Waals surface area contributed by atoms with E-state index in [0.717, 1.165) is 0 Å². The van der Waals surface area contributed by atoms with Gasteiger partial charge in [0, 0.05) is 11.8 Å². The minimum atomic E-state index is -3.02. The van der Waals surface area contributed by atoms with E-state index in [0.29, 0.717) is 0 Å². The zero-order chi connectivity index (χ0) is 10.5. The van der Waals surface area contributed by atoms with Gasteiger partial charge in [-0.05, 0) is 0 Å². The monoisotopic (exact) mass is 220 g/mol. The van der Waals surface area contributed by atoms with Crippen LogP contribution in [0.25, 0.3) is 0 Å². The number of hydrogen-bond donors (Lipinski definition) is 0. The summed E-state index contributed by atoms with van der Waals surface area (Å²) in [4.78, 5) is 0. The average Bonchev–Trinajstić information content (AvgIpc) is 2.51. The topological polar surface area (TPSA) is 34.1 Å². The third-order valence-corrected chi connectivity index (χ3v) is 5.91. The van der Waals surface area contributed by atoms with Gasteiger partial charge in [-0.1, -0.05) is 48.6 Å². The standard InChI is InChI=1S/C12H12O2S/c13-15(14)11-7-3-1-5-9(11)10-6-2-4-8-12(10)15/h1-12H/t9-,10+,11-,12+. The van der Waals surface area contributed by atoms with Crippen molar-refractivity contribution in [2.75, 3.05) is 0 Å². The highest BCUT2D eigenvalue weighted by Crippen LogP contribution is 2.43. The molecule has 0 spiro atoms. The summed E-state index contributed by atoms with van der Waals surface area (Å²) < 4.78 is 24.4. The van der Waals surface area contributed by atoms with Crippen LogP contribution < -0.4 is 0 Å². The highest BCUT2D eigenvalue weighted by Gasteiger charge is 2.51. The quantitative estimate of drug-likeness (QED) is 0.622. The van der Waals surface area contributed by atoms with Gasteiger partial charge in [-0.25, -0.2) is 8.42 Å². The number of rotatable bonds is 0. The van der Waals surface area contributed by atoms with Gasteiger partial charge in [0.25, 0.3) is 0 Å². The first-order valence-electron chi connectivity index (χ1n) is 5.14. The lowest BCUT2D eigenvalue weighted by molar-refractivity contribution is 0.527. The van der Waals surface area contributed by atoms with E-state index in [1.165, 1.54) is 0 Å². The summed E-state index contributed by atoms with van der Waals surface area (Å²) >= 11 is 0. The van der Waals surface area contributed by atoms with Crippen molar-refractivity contribution in [1.29, 1.82) is 0 Å². The van der Waals surface area contributed by atoms with Crippen LogP contribution in [-0.2, 0) is 9.84 Å². The molecule has 0 amide bonds. The largest absolute Gasteiger partial charge is 0.228 e. The predicted octanol–water partition coefficient (Wildman–Crippen LogP) is 1.64. The summed E-state index contributed by atoms with van der Waals surface area (Å²) in [5.74, 6) is 0.261. The third-order valence-electron chi connectivity index (χ3n) is 3.45. The van der Waals surface area contributed by atoms with Crippen LogP contribution in [0.1, 0.15) is 0 Å². The van der Waals surface area contributed by atoms with Crippen molar-refractivity contribution in [3.8, 4) is 0 Å². The normalized spacial score (nSPS) is 44.0. The zero-order valence-corrected chi connectivity index (χ0v) is 8.97. The molecule has 1 saturated heterocycles. The van der Waals surface area contributed by atoms with E-state index in [4.69, 9.17) is 0 Å². The highest BCUT2D eigenvalue weighted by atomic mass is 32.2. The second-order valence-corrected chi connectivity index (χ2v) is 6.48. The van der Waals surface area contributed by atoms with Gasteiger partial charge in [-0.15, -0.1) is 0 Å². The van der Waals surface area contributed by atoms with Gasteiger partial charge in [0.05, 0.1) is 10.5 Å². The Hall–Kier alpha value is -1.09. The van der Waals surface area contributed by atoms with Crippen LogP contribution in [0, 0.1) is 11.8 Å². The molecular weight excluding hydrogens is 208 g/mol. The Labute approximate surface area is 89.6 Å². The third kappa shape index (κ3) is 1.13. The van der Waals surface area contributed by atoms with Crippen LogP contribution in [0.15, 0.2) is 48.6 Å². The molecule has 4 atom stereocenters. The lowest BCUT2D eigenvalue weighted by Crippen LogP contribution is -2.23. The molecule has 0 radical (unpaired) electrons. The van der Waals surface area contributed by atoms with Crippen molar-refractivity contribution in [3.05, 3.63) is 48.6 Å². The van der Waals surface area contributed by atoms with Crippen LogP contribution in [0.3, 0.4) is 0 Å². The fourth-order valence-corrected chi connectivity index (χ4v) is 5.14. The molecule has 0 aromatic carbocycles. The fourth-order valence-electron chi connectivity index (χ4n) is 2.74. The van der Waals surface area contributed by atoms with E-state index in [1.807, 2.05) is 48.6 Å². The Morgan fingerprint density at radius 1 is 0.667 bits per heavy atom. The molecule has 0 N–H and O–H groups in total. The second-order valence-electron chi connectivity index (χ2n) is 4.21. The minimum absolute atomic E-state index is 0.131. The SMILES string of the molecule is O=S1(=O)[C@@H]2C=CC=C[C@@H]2[C@@H]2C=CC=C[C@@H]21. The van der Waals surface area contributed by atoms with Gasteiger partial charge >= 0.3 is 0 Å². The molecule has 0 saturated carbocycles. The lowest BCUT2D eigenvalue weighted by atomic mass is 9.83. The van der Waals surface area contributed by atoms with E-state index in [2.05, 4.69) is 0 Å². The van der Waals surface area contributed by atoms with Gasteiger partial charge < -0.3 is 0 Å². The number of fused-ring (bicyclic) bond motifs is 3. The molecule has 3 heteroatoms. The van der Waals surface area contributed by atoms with Gasteiger partial charge in [-0.2, -0.15) is 0 Å². The fraction of sp³-hybridized carbons (Fsp3) is 0.333. The lowest BCUT2D eigenvalue weighted by Gasteiger charge is -2.19. The first-order chi connectivity index (χ1) is 7.21. The molecular formula is C12H12O2S. The van der Waals surface area contributed by atoms with E-state index in [1.54, 1.807) is 0 Å². The molecule has 1 fully saturated rings. The highest BCUT2D eigenvalue weighted by molar-refractivity contribution is 7.93. The Bertz CT molecular complexity index is 454. The van der Waals surface area contributed by atoms with E-state index in [9.17, 15) is 8.42 Å². The maximum atomic E-state index is 12.2. The van der Waals surface area contributed by atoms with E-state index in [-0.39, 0.29) is 22.3 Å². The van der Waals surface area contributed by atoms with Crippen molar-refractivity contribution in [3.63, 3.8) is 0 Å². The molecule has 15 heavy (non-hydrogen) atoms. The smallest absolute Gasteiger partial charge is 0.164 e. The number of hydrogen-bond acceptors (Lipinski definition) is 2. The molecule has 3 aliphatic rings. The molecule has 2 nitrogen and oxygen atoms in total. The maximum Gasteiger partial charge on any atom is 0.164 e. The first-order valence-corrected chi connectivity index (χ1v) is 6.75. The Morgan fingerprint density at radius 3 is 1.53 bits per heavy atom. The molecule has 78 valence electrons. The van der Waals surface area contributed by atoms with Crippen molar-refractivity contribution in [2.45, 2.75) is 10.5 Å². The summed E-state index contributed by atoms with van der Waals surface area (Å²) in [5.41, 5.74) is 0. The predicted molar refractivity (Wildman–Crippen MR) is 60.0 cm³/mol.